The largest absolute Gasteiger partial charge is 0.493 e. The molecule has 0 aromatic heterocycles. The highest BCUT2D eigenvalue weighted by Gasteiger charge is 2.13. The third-order valence-corrected chi connectivity index (χ3v) is 4.64. The smallest absolute Gasteiger partial charge is 0.330 e. The molecule has 0 saturated carbocycles. The fourth-order valence-electron chi connectivity index (χ4n) is 2.86. The van der Waals surface area contributed by atoms with Gasteiger partial charge >= 0.3 is 5.97 Å². The van der Waals surface area contributed by atoms with Crippen LogP contribution in [0.4, 0.5) is 0 Å². The lowest BCUT2D eigenvalue weighted by atomic mass is 10.0. The van der Waals surface area contributed by atoms with Crippen LogP contribution in [0.1, 0.15) is 21.5 Å². The number of benzene rings is 3. The van der Waals surface area contributed by atoms with Crippen molar-refractivity contribution in [2.24, 2.45) is 0 Å². The summed E-state index contributed by atoms with van der Waals surface area (Å²) in [5.74, 6) is -0.512. The Balaban J connectivity index is 1.70. The van der Waals surface area contributed by atoms with Crippen LogP contribution in [-0.4, -0.2) is 25.5 Å². The van der Waals surface area contributed by atoms with Crippen LogP contribution in [0.2, 0.25) is 5.02 Å². The van der Waals surface area contributed by atoms with Crippen molar-refractivity contribution in [3.63, 3.8) is 0 Å². The Morgan fingerprint density at radius 3 is 2.44 bits per heavy atom. The minimum absolute atomic E-state index is 0.199. The third-order valence-electron chi connectivity index (χ3n) is 4.41. The molecule has 0 bridgehead atoms. The topological polar surface area (TPSA) is 88.4 Å². The van der Waals surface area contributed by atoms with E-state index in [1.54, 1.807) is 78.9 Å². The van der Waals surface area contributed by atoms with E-state index < -0.39 is 5.97 Å². The van der Waals surface area contributed by atoms with Crippen molar-refractivity contribution in [1.29, 1.82) is 5.26 Å². The number of nitrogens with one attached hydrogen (secondary N) is 1. The van der Waals surface area contributed by atoms with Gasteiger partial charge in [0, 0.05) is 10.6 Å². The first-order valence-electron chi connectivity index (χ1n) is 9.60. The number of esters is 1. The van der Waals surface area contributed by atoms with Gasteiger partial charge in [-0.05, 0) is 53.6 Å². The van der Waals surface area contributed by atoms with Crippen molar-refractivity contribution in [2.45, 2.75) is 0 Å². The minimum atomic E-state index is -0.646. The summed E-state index contributed by atoms with van der Waals surface area (Å²) in [7, 11) is 1.44. The highest BCUT2D eigenvalue weighted by Crippen LogP contribution is 2.30. The lowest BCUT2D eigenvalue weighted by Gasteiger charge is -2.11. The molecule has 1 amide bonds. The van der Waals surface area contributed by atoms with E-state index in [1.807, 2.05) is 0 Å². The van der Waals surface area contributed by atoms with Crippen molar-refractivity contribution in [2.75, 3.05) is 13.7 Å². The van der Waals surface area contributed by atoms with Gasteiger partial charge in [0.1, 0.15) is 6.54 Å². The van der Waals surface area contributed by atoms with Crippen molar-refractivity contribution >= 4 is 35.1 Å². The molecule has 0 radical (unpaired) electrons. The van der Waals surface area contributed by atoms with Gasteiger partial charge < -0.3 is 14.8 Å². The molecule has 160 valence electrons. The highest BCUT2D eigenvalue weighted by molar-refractivity contribution is 6.30. The van der Waals surface area contributed by atoms with Gasteiger partial charge in [0.15, 0.2) is 11.5 Å². The van der Waals surface area contributed by atoms with Gasteiger partial charge in [0.25, 0.3) is 5.91 Å². The Hall–Kier alpha value is -4.08. The van der Waals surface area contributed by atoms with Crippen LogP contribution in [-0.2, 0) is 4.79 Å². The highest BCUT2D eigenvalue weighted by atomic mass is 35.5. The number of methoxy groups -OCH3 is 1. The Kier molecular flexibility index (Phi) is 7.63. The predicted molar refractivity (Wildman–Crippen MR) is 122 cm³/mol. The van der Waals surface area contributed by atoms with E-state index >= 15 is 0 Å². The second-order valence-electron chi connectivity index (χ2n) is 6.61. The molecule has 3 aromatic carbocycles. The Morgan fingerprint density at radius 1 is 1.00 bits per heavy atom. The Morgan fingerprint density at radius 2 is 1.75 bits per heavy atom. The summed E-state index contributed by atoms with van der Waals surface area (Å²) < 4.78 is 10.7. The third kappa shape index (κ3) is 5.97. The number of hydrogen-bond donors (Lipinski definition) is 1. The zero-order chi connectivity index (χ0) is 22.9. The number of amides is 1. The molecule has 3 rings (SSSR count). The van der Waals surface area contributed by atoms with Crippen LogP contribution >= 0.6 is 11.6 Å². The van der Waals surface area contributed by atoms with Crippen LogP contribution in [0, 0.1) is 11.3 Å². The number of hydrogen-bond acceptors (Lipinski definition) is 5. The van der Waals surface area contributed by atoms with Gasteiger partial charge in [-0.25, -0.2) is 4.79 Å². The molecule has 0 spiro atoms. The van der Waals surface area contributed by atoms with Crippen LogP contribution in [0.3, 0.4) is 0 Å². The lowest BCUT2D eigenvalue weighted by Crippen LogP contribution is -2.31. The lowest BCUT2D eigenvalue weighted by molar-refractivity contribution is -0.133. The number of rotatable bonds is 7. The average Bonchev–Trinajstić information content (AvgIpc) is 2.82. The molecule has 0 aliphatic rings. The minimum Gasteiger partial charge on any atom is -0.493 e. The molecule has 0 unspecified atom stereocenters. The summed E-state index contributed by atoms with van der Waals surface area (Å²) >= 11 is 6.01. The van der Waals surface area contributed by atoms with Gasteiger partial charge in [-0.3, -0.25) is 4.79 Å². The van der Waals surface area contributed by atoms with E-state index in [1.165, 1.54) is 7.11 Å². The second-order valence-corrected chi connectivity index (χ2v) is 7.05. The number of allylic oxidation sites excluding steroid dienone is 1. The van der Waals surface area contributed by atoms with Crippen LogP contribution in [0.5, 0.6) is 11.5 Å². The standard InChI is InChI=1S/C25H19ClN2O4/c1-31-23-13-17(12-20(15-27)19-8-5-9-21(26)14-19)10-11-22(23)32-24(29)16-28-25(30)18-6-3-2-4-7-18/h2-14H,16H2,1H3,(H,28,30)/b20-12-. The number of nitrogens with zero attached hydrogens (tertiary/aromatic N) is 1. The maximum absolute atomic E-state index is 12.2. The first-order valence-corrected chi connectivity index (χ1v) is 9.97. The summed E-state index contributed by atoms with van der Waals surface area (Å²) in [6.07, 6.45) is 1.68. The van der Waals surface area contributed by atoms with Crippen molar-refractivity contribution in [3.8, 4) is 17.6 Å². The van der Waals surface area contributed by atoms with Gasteiger partial charge in [-0.1, -0.05) is 48.0 Å². The number of ether oxygens (including phenoxy) is 2. The van der Waals surface area contributed by atoms with Gasteiger partial charge in [0.2, 0.25) is 0 Å². The molecule has 0 heterocycles. The first-order chi connectivity index (χ1) is 15.5. The fourth-order valence-corrected chi connectivity index (χ4v) is 3.05. The van der Waals surface area contributed by atoms with Crippen molar-refractivity contribution in [3.05, 3.63) is 94.5 Å². The molecule has 7 heteroatoms. The zero-order valence-corrected chi connectivity index (χ0v) is 17.9. The Bertz CT molecular complexity index is 1200. The number of carbonyl (C=O) groups excluding carboxylic acids is 2. The van der Waals surface area contributed by atoms with Gasteiger partial charge in [-0.15, -0.1) is 0 Å². The second kappa shape index (κ2) is 10.8. The molecule has 0 aliphatic carbocycles. The van der Waals surface area contributed by atoms with E-state index in [2.05, 4.69) is 11.4 Å². The van der Waals surface area contributed by atoms with E-state index in [-0.39, 0.29) is 18.2 Å². The van der Waals surface area contributed by atoms with Crippen molar-refractivity contribution < 1.29 is 19.1 Å². The molecule has 32 heavy (non-hydrogen) atoms. The number of nitriles is 1. The van der Waals surface area contributed by atoms with E-state index in [9.17, 15) is 14.9 Å². The summed E-state index contributed by atoms with van der Waals surface area (Å²) in [4.78, 5) is 24.2. The maximum Gasteiger partial charge on any atom is 0.330 e. The van der Waals surface area contributed by atoms with Gasteiger partial charge in [-0.2, -0.15) is 5.26 Å². The zero-order valence-electron chi connectivity index (χ0n) is 17.2. The molecule has 0 atom stereocenters. The van der Waals surface area contributed by atoms with E-state index in [4.69, 9.17) is 21.1 Å². The molecular formula is C25H19ClN2O4. The molecule has 0 saturated heterocycles. The van der Waals surface area contributed by atoms with Crippen LogP contribution in [0.25, 0.3) is 11.6 Å². The fraction of sp³-hybridized carbons (Fsp3) is 0.0800. The molecule has 0 aliphatic heterocycles. The number of carbonyl (C=O) groups is 2. The molecule has 6 nitrogen and oxygen atoms in total. The summed E-state index contributed by atoms with van der Waals surface area (Å²) in [6.45, 7) is -0.300. The average molecular weight is 447 g/mol. The quantitative estimate of drug-likeness (QED) is 0.245. The normalized spacial score (nSPS) is 10.7. The maximum atomic E-state index is 12.2. The van der Waals surface area contributed by atoms with Gasteiger partial charge in [0.05, 0.1) is 18.8 Å². The number of halogens is 1. The SMILES string of the molecule is COc1cc(/C=C(/C#N)c2cccc(Cl)c2)ccc1OC(=O)CNC(=O)c1ccccc1. The monoisotopic (exact) mass is 446 g/mol. The molecule has 0 fully saturated rings. The first kappa shape index (κ1) is 22.6. The molecule has 3 aromatic rings. The summed E-state index contributed by atoms with van der Waals surface area (Å²) in [5.41, 5.74) is 2.23. The molecule has 1 N–H and O–H groups in total. The Labute approximate surface area is 190 Å². The van der Waals surface area contributed by atoms with Crippen LogP contribution < -0.4 is 14.8 Å². The van der Waals surface area contributed by atoms with Crippen LogP contribution in [0.15, 0.2) is 72.8 Å². The summed E-state index contributed by atoms with van der Waals surface area (Å²) in [5, 5.41) is 12.6. The predicted octanol–water partition coefficient (Wildman–Crippen LogP) is 4.75. The van der Waals surface area contributed by atoms with E-state index in [0.29, 0.717) is 33.0 Å². The summed E-state index contributed by atoms with van der Waals surface area (Å²) in [6, 6.07) is 22.6. The van der Waals surface area contributed by atoms with E-state index in [0.717, 1.165) is 0 Å². The van der Waals surface area contributed by atoms with Crippen molar-refractivity contribution in [1.82, 2.24) is 5.32 Å². The molecular weight excluding hydrogens is 428 g/mol.